The summed E-state index contributed by atoms with van der Waals surface area (Å²) >= 11 is 6.07. The van der Waals surface area contributed by atoms with E-state index in [2.05, 4.69) is 10.1 Å². The summed E-state index contributed by atoms with van der Waals surface area (Å²) in [6, 6.07) is 6.51. The molecule has 1 aromatic heterocycles. The molecule has 1 saturated heterocycles. The van der Waals surface area contributed by atoms with E-state index in [-0.39, 0.29) is 6.04 Å². The molecule has 0 bridgehead atoms. The number of halogens is 1. The van der Waals surface area contributed by atoms with E-state index >= 15 is 0 Å². The predicted octanol–water partition coefficient (Wildman–Crippen LogP) is 1.45. The van der Waals surface area contributed by atoms with Crippen molar-refractivity contribution in [3.8, 4) is 0 Å². The van der Waals surface area contributed by atoms with Crippen molar-refractivity contribution < 1.29 is 9.90 Å². The van der Waals surface area contributed by atoms with Crippen LogP contribution in [-0.4, -0.2) is 37.2 Å². The molecule has 7 nitrogen and oxygen atoms in total. The van der Waals surface area contributed by atoms with E-state index < -0.39 is 12.0 Å². The second-order valence-corrected chi connectivity index (χ2v) is 5.97. The number of rotatable bonds is 3. The average Bonchev–Trinajstić information content (AvgIpc) is 3.14. The van der Waals surface area contributed by atoms with Gasteiger partial charge in [-0.05, 0) is 18.9 Å². The Kier molecular flexibility index (Phi) is 4.23. The molecule has 1 aliphatic heterocycles. The molecule has 23 heavy (non-hydrogen) atoms. The summed E-state index contributed by atoms with van der Waals surface area (Å²) in [4.78, 5) is 18.5. The number of anilines is 1. The van der Waals surface area contributed by atoms with Gasteiger partial charge in [0.15, 0.2) is 11.9 Å². The topological polar surface area (TPSA) is 97.3 Å². The summed E-state index contributed by atoms with van der Waals surface area (Å²) in [5, 5.41) is 15.0. The highest BCUT2D eigenvalue weighted by Gasteiger charge is 2.36. The molecule has 0 spiro atoms. The summed E-state index contributed by atoms with van der Waals surface area (Å²) < 4.78 is 1.47. The molecule has 0 aliphatic carbocycles. The predicted molar refractivity (Wildman–Crippen MR) is 85.5 cm³/mol. The number of hydrogen-bond acceptors (Lipinski definition) is 5. The number of nitrogens with zero attached hydrogens (tertiary/aromatic N) is 4. The lowest BCUT2D eigenvalue weighted by Gasteiger charge is -2.25. The molecule has 3 rings (SSSR count). The number of hydrogen-bond donors (Lipinski definition) is 2. The van der Waals surface area contributed by atoms with Crippen molar-refractivity contribution in [1.82, 2.24) is 19.7 Å². The van der Waals surface area contributed by atoms with Crippen molar-refractivity contribution in [2.75, 3.05) is 12.3 Å². The van der Waals surface area contributed by atoms with Crippen molar-refractivity contribution in [1.29, 1.82) is 0 Å². The van der Waals surface area contributed by atoms with Gasteiger partial charge in [0.05, 0.1) is 6.04 Å². The van der Waals surface area contributed by atoms with Crippen LogP contribution in [0.2, 0.25) is 5.02 Å². The van der Waals surface area contributed by atoms with E-state index in [1.807, 2.05) is 0 Å². The Labute approximate surface area is 138 Å². The van der Waals surface area contributed by atoms with Gasteiger partial charge in [0.1, 0.15) is 0 Å². The third-order valence-corrected chi connectivity index (χ3v) is 4.42. The second-order valence-electron chi connectivity index (χ2n) is 5.57. The van der Waals surface area contributed by atoms with Crippen LogP contribution in [0.25, 0.3) is 0 Å². The maximum atomic E-state index is 12.7. The number of carbonyl (C=O) groups is 1. The molecule has 1 amide bonds. The summed E-state index contributed by atoms with van der Waals surface area (Å²) in [6.07, 6.45) is 0.263. The first kappa shape index (κ1) is 15.8. The van der Waals surface area contributed by atoms with E-state index in [9.17, 15) is 9.90 Å². The first-order chi connectivity index (χ1) is 11.0. The third-order valence-electron chi connectivity index (χ3n) is 4.08. The summed E-state index contributed by atoms with van der Waals surface area (Å²) in [7, 11) is 1.70. The van der Waals surface area contributed by atoms with Crippen molar-refractivity contribution in [3.63, 3.8) is 0 Å². The number of amides is 1. The minimum Gasteiger partial charge on any atom is -0.378 e. The number of likely N-dealkylation sites (tertiary alicyclic amines) is 1. The number of benzene rings is 1. The fraction of sp³-hybridized carbons (Fsp3) is 0.400. The zero-order valence-electron chi connectivity index (χ0n) is 12.7. The maximum Gasteiger partial charge on any atom is 0.256 e. The smallest absolute Gasteiger partial charge is 0.256 e. The van der Waals surface area contributed by atoms with Crippen LogP contribution in [0, 0.1) is 0 Å². The Morgan fingerprint density at radius 3 is 2.87 bits per heavy atom. The molecule has 0 radical (unpaired) electrons. The number of aliphatic hydroxyl groups is 1. The molecule has 2 heterocycles. The molecule has 0 saturated carbocycles. The fourth-order valence-electron chi connectivity index (χ4n) is 2.84. The van der Waals surface area contributed by atoms with Gasteiger partial charge in [0.2, 0.25) is 5.95 Å². The van der Waals surface area contributed by atoms with Crippen LogP contribution in [0.15, 0.2) is 24.3 Å². The van der Waals surface area contributed by atoms with Crippen molar-refractivity contribution in [2.24, 2.45) is 7.05 Å². The van der Waals surface area contributed by atoms with Crippen LogP contribution in [0.4, 0.5) is 5.95 Å². The largest absolute Gasteiger partial charge is 0.378 e. The van der Waals surface area contributed by atoms with Crippen LogP contribution in [0.1, 0.15) is 36.4 Å². The normalized spacial score (nSPS) is 19.1. The average molecular weight is 336 g/mol. The number of nitrogen functional groups attached to an aromatic ring is 1. The highest BCUT2D eigenvalue weighted by Crippen LogP contribution is 2.34. The van der Waals surface area contributed by atoms with Gasteiger partial charge in [-0.1, -0.05) is 29.8 Å². The highest BCUT2D eigenvalue weighted by molar-refractivity contribution is 6.31. The third kappa shape index (κ3) is 2.89. The van der Waals surface area contributed by atoms with Crippen LogP contribution < -0.4 is 5.73 Å². The standard InChI is InChI=1S/C15H18ClN5O2/c1-20-15(17)18-13(19-20)11-7-4-8-21(11)14(23)12(22)9-5-2-3-6-10(9)16/h2-3,5-6,11-12,22H,4,7-8H2,1H3,(H2,17,18,19)/t11?,12-/m1/s1. The summed E-state index contributed by atoms with van der Waals surface area (Å²) in [6.45, 7) is 0.545. The molecule has 8 heteroatoms. The molecule has 1 aromatic carbocycles. The Hall–Kier alpha value is -2.12. The minimum absolute atomic E-state index is 0.275. The van der Waals surface area contributed by atoms with Gasteiger partial charge in [-0.15, -0.1) is 0 Å². The van der Waals surface area contributed by atoms with Gasteiger partial charge in [0.25, 0.3) is 5.91 Å². The molecular weight excluding hydrogens is 318 g/mol. The lowest BCUT2D eigenvalue weighted by atomic mass is 10.1. The maximum absolute atomic E-state index is 12.7. The number of aromatic nitrogens is 3. The van der Waals surface area contributed by atoms with Gasteiger partial charge in [-0.25, -0.2) is 4.68 Å². The Morgan fingerprint density at radius 1 is 1.48 bits per heavy atom. The molecule has 2 aromatic rings. The zero-order chi connectivity index (χ0) is 16.6. The van der Waals surface area contributed by atoms with Gasteiger partial charge >= 0.3 is 0 Å². The lowest BCUT2D eigenvalue weighted by molar-refractivity contribution is -0.141. The number of nitrogens with two attached hydrogens (primary N) is 1. The molecule has 2 atom stereocenters. The van der Waals surface area contributed by atoms with Crippen LogP contribution in [0.5, 0.6) is 0 Å². The monoisotopic (exact) mass is 335 g/mol. The van der Waals surface area contributed by atoms with E-state index in [4.69, 9.17) is 17.3 Å². The molecule has 1 unspecified atom stereocenters. The van der Waals surface area contributed by atoms with Gasteiger partial charge in [-0.2, -0.15) is 10.1 Å². The lowest BCUT2D eigenvalue weighted by Crippen LogP contribution is -2.35. The zero-order valence-corrected chi connectivity index (χ0v) is 13.4. The first-order valence-electron chi connectivity index (χ1n) is 7.38. The van der Waals surface area contributed by atoms with Crippen LogP contribution in [-0.2, 0) is 11.8 Å². The minimum atomic E-state index is -1.30. The van der Waals surface area contributed by atoms with E-state index in [1.54, 1.807) is 36.2 Å². The fourth-order valence-corrected chi connectivity index (χ4v) is 3.08. The SMILES string of the molecule is Cn1nc(C2CCCN2C(=O)[C@H](O)c2ccccc2Cl)nc1N. The molecule has 1 aliphatic rings. The van der Waals surface area contributed by atoms with Gasteiger partial charge in [-0.3, -0.25) is 4.79 Å². The van der Waals surface area contributed by atoms with E-state index in [1.165, 1.54) is 4.68 Å². The molecule has 122 valence electrons. The van der Waals surface area contributed by atoms with E-state index in [0.717, 1.165) is 12.8 Å². The number of aryl methyl sites for hydroxylation is 1. The van der Waals surface area contributed by atoms with Crippen molar-refractivity contribution in [2.45, 2.75) is 25.0 Å². The highest BCUT2D eigenvalue weighted by atomic mass is 35.5. The molecular formula is C15H18ClN5O2. The van der Waals surface area contributed by atoms with Gasteiger partial charge in [0, 0.05) is 24.2 Å². The quantitative estimate of drug-likeness (QED) is 0.884. The van der Waals surface area contributed by atoms with Crippen molar-refractivity contribution in [3.05, 3.63) is 40.7 Å². The summed E-state index contributed by atoms with van der Waals surface area (Å²) in [5.74, 6) is 0.403. The van der Waals surface area contributed by atoms with Gasteiger partial charge < -0.3 is 15.7 Å². The Balaban J connectivity index is 1.85. The van der Waals surface area contributed by atoms with Crippen LogP contribution in [0.3, 0.4) is 0 Å². The van der Waals surface area contributed by atoms with E-state index in [0.29, 0.717) is 28.9 Å². The summed E-state index contributed by atoms with van der Waals surface area (Å²) in [5.41, 5.74) is 6.12. The second kappa shape index (κ2) is 6.17. The molecule has 3 N–H and O–H groups in total. The number of carbonyl (C=O) groups excluding carboxylic acids is 1. The Bertz CT molecular complexity index is 713. The first-order valence-corrected chi connectivity index (χ1v) is 7.76. The van der Waals surface area contributed by atoms with Crippen LogP contribution >= 0.6 is 11.6 Å². The van der Waals surface area contributed by atoms with Crippen molar-refractivity contribution >= 4 is 23.5 Å². The molecule has 1 fully saturated rings. The Morgan fingerprint density at radius 2 is 2.22 bits per heavy atom. The number of aliphatic hydroxyl groups excluding tert-OH is 1.